The topological polar surface area (TPSA) is 77.1 Å². The summed E-state index contributed by atoms with van der Waals surface area (Å²) in [6.07, 6.45) is 1.29. The number of likely N-dealkylation sites (tertiary alicyclic amines) is 1. The Morgan fingerprint density at radius 1 is 1.15 bits per heavy atom. The monoisotopic (exact) mass is 364 g/mol. The summed E-state index contributed by atoms with van der Waals surface area (Å²) in [7, 11) is 3.07. The maximum absolute atomic E-state index is 12.5. The minimum absolute atomic E-state index is 0.114. The van der Waals surface area contributed by atoms with E-state index < -0.39 is 5.60 Å². The summed E-state index contributed by atoms with van der Waals surface area (Å²) in [5.74, 6) is 0.860. The summed E-state index contributed by atoms with van der Waals surface area (Å²) in [5, 5.41) is 2.99. The van der Waals surface area contributed by atoms with Crippen molar-refractivity contribution in [2.45, 2.75) is 45.3 Å². The molecular formula is C19H28N2O5. The third kappa shape index (κ3) is 5.28. The molecule has 7 heteroatoms. The van der Waals surface area contributed by atoms with Crippen LogP contribution in [-0.4, -0.2) is 55.9 Å². The van der Waals surface area contributed by atoms with Crippen molar-refractivity contribution in [2.75, 3.05) is 27.3 Å². The fourth-order valence-corrected chi connectivity index (χ4v) is 2.83. The smallest absolute Gasteiger partial charge is 0.410 e. The van der Waals surface area contributed by atoms with Crippen LogP contribution < -0.4 is 14.8 Å². The van der Waals surface area contributed by atoms with Crippen LogP contribution in [0.4, 0.5) is 4.79 Å². The number of benzene rings is 1. The van der Waals surface area contributed by atoms with Crippen molar-refractivity contribution in [3.05, 3.63) is 23.8 Å². The van der Waals surface area contributed by atoms with Crippen molar-refractivity contribution in [2.24, 2.45) is 0 Å². The molecule has 26 heavy (non-hydrogen) atoms. The Balaban J connectivity index is 1.99. The van der Waals surface area contributed by atoms with Crippen molar-refractivity contribution in [3.8, 4) is 11.5 Å². The lowest BCUT2D eigenvalue weighted by Gasteiger charge is -2.34. The van der Waals surface area contributed by atoms with Gasteiger partial charge in [0, 0.05) is 24.7 Å². The molecule has 1 heterocycles. The van der Waals surface area contributed by atoms with E-state index in [0.29, 0.717) is 30.2 Å². The first-order chi connectivity index (χ1) is 12.2. The van der Waals surface area contributed by atoms with E-state index in [2.05, 4.69) is 5.32 Å². The molecule has 1 aliphatic rings. The average molecular weight is 364 g/mol. The molecule has 0 radical (unpaired) electrons. The molecule has 2 rings (SSSR count). The van der Waals surface area contributed by atoms with Gasteiger partial charge in [0.25, 0.3) is 5.91 Å². The van der Waals surface area contributed by atoms with E-state index in [1.165, 1.54) is 7.11 Å². The third-order valence-corrected chi connectivity index (χ3v) is 4.05. The molecule has 0 aliphatic carbocycles. The number of nitrogens with zero attached hydrogens (tertiary/aromatic N) is 1. The van der Waals surface area contributed by atoms with Gasteiger partial charge in [-0.2, -0.15) is 0 Å². The van der Waals surface area contributed by atoms with Gasteiger partial charge in [-0.05, 0) is 51.8 Å². The SMILES string of the molecule is COc1ccc(C(=O)NC2CCCN(C(=O)OC(C)(C)C)C2)cc1OC. The Kier molecular flexibility index (Phi) is 6.34. The summed E-state index contributed by atoms with van der Waals surface area (Å²) in [5.41, 5.74) is -0.0514. The van der Waals surface area contributed by atoms with Crippen LogP contribution in [0.1, 0.15) is 44.0 Å². The summed E-state index contributed by atoms with van der Waals surface area (Å²) < 4.78 is 15.8. The highest BCUT2D eigenvalue weighted by atomic mass is 16.6. The van der Waals surface area contributed by atoms with Gasteiger partial charge in [0.1, 0.15) is 5.60 Å². The minimum Gasteiger partial charge on any atom is -0.493 e. The van der Waals surface area contributed by atoms with Gasteiger partial charge < -0.3 is 24.4 Å². The van der Waals surface area contributed by atoms with Crippen molar-refractivity contribution < 1.29 is 23.8 Å². The number of nitrogens with one attached hydrogen (secondary N) is 1. The van der Waals surface area contributed by atoms with Crippen LogP contribution in [0.5, 0.6) is 11.5 Å². The van der Waals surface area contributed by atoms with Crippen LogP contribution in [0, 0.1) is 0 Å². The number of piperidine rings is 1. The van der Waals surface area contributed by atoms with Gasteiger partial charge in [-0.1, -0.05) is 0 Å². The standard InChI is InChI=1S/C19H28N2O5/c1-19(2,3)26-18(23)21-10-6-7-14(12-21)20-17(22)13-8-9-15(24-4)16(11-13)25-5/h8-9,11,14H,6-7,10,12H2,1-5H3,(H,20,22). The predicted molar refractivity (Wildman–Crippen MR) is 97.8 cm³/mol. The van der Waals surface area contributed by atoms with E-state index >= 15 is 0 Å². The molecule has 1 N–H and O–H groups in total. The number of amides is 2. The molecule has 1 saturated heterocycles. The van der Waals surface area contributed by atoms with Crippen LogP contribution in [0.2, 0.25) is 0 Å². The fraction of sp³-hybridized carbons (Fsp3) is 0.579. The summed E-state index contributed by atoms with van der Waals surface area (Å²) in [6.45, 7) is 6.59. The van der Waals surface area contributed by atoms with Crippen LogP contribution in [0.3, 0.4) is 0 Å². The normalized spacial score (nSPS) is 17.4. The van der Waals surface area contributed by atoms with Crippen LogP contribution in [-0.2, 0) is 4.74 Å². The average Bonchev–Trinajstić information content (AvgIpc) is 2.59. The number of carbonyl (C=O) groups is 2. The number of carbonyl (C=O) groups excluding carboxylic acids is 2. The number of methoxy groups -OCH3 is 2. The predicted octanol–water partition coefficient (Wildman–Crippen LogP) is 2.83. The first-order valence-corrected chi connectivity index (χ1v) is 8.74. The second-order valence-corrected chi connectivity index (χ2v) is 7.31. The Hall–Kier alpha value is -2.44. The zero-order valence-corrected chi connectivity index (χ0v) is 16.1. The van der Waals surface area contributed by atoms with Crippen LogP contribution in [0.25, 0.3) is 0 Å². The van der Waals surface area contributed by atoms with Gasteiger partial charge in [0.15, 0.2) is 11.5 Å². The lowest BCUT2D eigenvalue weighted by atomic mass is 10.1. The Morgan fingerprint density at radius 3 is 2.46 bits per heavy atom. The molecule has 1 aromatic rings. The molecule has 1 fully saturated rings. The van der Waals surface area contributed by atoms with E-state index in [1.807, 2.05) is 20.8 Å². The molecule has 7 nitrogen and oxygen atoms in total. The third-order valence-electron chi connectivity index (χ3n) is 4.05. The van der Waals surface area contributed by atoms with Crippen molar-refractivity contribution >= 4 is 12.0 Å². The highest BCUT2D eigenvalue weighted by Crippen LogP contribution is 2.27. The molecule has 1 aromatic carbocycles. The lowest BCUT2D eigenvalue weighted by Crippen LogP contribution is -2.50. The van der Waals surface area contributed by atoms with Gasteiger partial charge in [0.05, 0.1) is 14.2 Å². The van der Waals surface area contributed by atoms with E-state index in [1.54, 1.807) is 30.2 Å². The second kappa shape index (κ2) is 8.29. The van der Waals surface area contributed by atoms with Gasteiger partial charge in [0.2, 0.25) is 0 Å². The number of hydrogen-bond acceptors (Lipinski definition) is 5. The highest BCUT2D eigenvalue weighted by Gasteiger charge is 2.28. The number of rotatable bonds is 4. The molecule has 0 bridgehead atoms. The largest absolute Gasteiger partial charge is 0.493 e. The van der Waals surface area contributed by atoms with Gasteiger partial charge >= 0.3 is 6.09 Å². The Labute approximate surface area is 154 Å². The van der Waals surface area contributed by atoms with Crippen molar-refractivity contribution in [1.29, 1.82) is 0 Å². The summed E-state index contributed by atoms with van der Waals surface area (Å²) in [6, 6.07) is 4.91. The first kappa shape index (κ1) is 19.9. The highest BCUT2D eigenvalue weighted by molar-refractivity contribution is 5.95. The summed E-state index contributed by atoms with van der Waals surface area (Å²) in [4.78, 5) is 26.4. The molecule has 1 atom stereocenters. The fourth-order valence-electron chi connectivity index (χ4n) is 2.83. The number of hydrogen-bond donors (Lipinski definition) is 1. The number of ether oxygens (including phenoxy) is 3. The maximum Gasteiger partial charge on any atom is 0.410 e. The minimum atomic E-state index is -0.535. The molecule has 144 valence electrons. The molecule has 1 aliphatic heterocycles. The van der Waals surface area contributed by atoms with E-state index in [4.69, 9.17) is 14.2 Å². The maximum atomic E-state index is 12.5. The Bertz CT molecular complexity index is 654. The van der Waals surface area contributed by atoms with Crippen molar-refractivity contribution in [3.63, 3.8) is 0 Å². The zero-order valence-electron chi connectivity index (χ0n) is 16.1. The lowest BCUT2D eigenvalue weighted by molar-refractivity contribution is 0.0185. The Morgan fingerprint density at radius 2 is 1.85 bits per heavy atom. The zero-order chi connectivity index (χ0) is 19.3. The van der Waals surface area contributed by atoms with E-state index in [-0.39, 0.29) is 18.0 Å². The molecule has 0 aromatic heterocycles. The molecule has 2 amide bonds. The molecule has 0 saturated carbocycles. The quantitative estimate of drug-likeness (QED) is 0.889. The van der Waals surface area contributed by atoms with Gasteiger partial charge in [-0.25, -0.2) is 4.79 Å². The van der Waals surface area contributed by atoms with Crippen LogP contribution >= 0.6 is 0 Å². The second-order valence-electron chi connectivity index (χ2n) is 7.31. The summed E-state index contributed by atoms with van der Waals surface area (Å²) >= 11 is 0. The van der Waals surface area contributed by atoms with E-state index in [9.17, 15) is 9.59 Å². The molecule has 0 spiro atoms. The first-order valence-electron chi connectivity index (χ1n) is 8.74. The molecule has 1 unspecified atom stereocenters. The van der Waals surface area contributed by atoms with Gasteiger partial charge in [-0.3, -0.25) is 4.79 Å². The van der Waals surface area contributed by atoms with E-state index in [0.717, 1.165) is 12.8 Å². The van der Waals surface area contributed by atoms with Crippen molar-refractivity contribution in [1.82, 2.24) is 10.2 Å². The van der Waals surface area contributed by atoms with Gasteiger partial charge in [-0.15, -0.1) is 0 Å². The van der Waals surface area contributed by atoms with Crippen LogP contribution in [0.15, 0.2) is 18.2 Å². The molecular weight excluding hydrogens is 336 g/mol.